The highest BCUT2D eigenvalue weighted by Crippen LogP contribution is 2.51. The normalized spacial score (nSPS) is 23.4. The van der Waals surface area contributed by atoms with Gasteiger partial charge in [0.15, 0.2) is 0 Å². The van der Waals surface area contributed by atoms with Crippen molar-refractivity contribution in [3.8, 4) is 0 Å². The van der Waals surface area contributed by atoms with Gasteiger partial charge in [-0.3, -0.25) is 9.80 Å². The minimum atomic E-state index is 0.389. The third-order valence-corrected chi connectivity index (χ3v) is 18.7. The Labute approximate surface area is 448 Å². The summed E-state index contributed by atoms with van der Waals surface area (Å²) in [4.78, 5) is 5.17. The number of likely N-dealkylation sites (tertiary alicyclic amines) is 2. The minimum absolute atomic E-state index is 0.389. The zero-order valence-electron chi connectivity index (χ0n) is 53.1. The number of hydrogen-bond donors (Lipinski definition) is 0. The quantitative estimate of drug-likeness (QED) is 0.254. The molecule has 416 valence electrons. The van der Waals surface area contributed by atoms with Gasteiger partial charge in [-0.1, -0.05) is 196 Å². The van der Waals surface area contributed by atoms with Crippen molar-refractivity contribution in [2.45, 2.75) is 324 Å². The van der Waals surface area contributed by atoms with Crippen LogP contribution in [-0.4, -0.2) is 47.1 Å². The van der Waals surface area contributed by atoms with Gasteiger partial charge >= 0.3 is 0 Å². The smallest absolute Gasteiger partial charge is 0.0125 e. The van der Waals surface area contributed by atoms with E-state index in [2.05, 4.69) is 193 Å². The van der Waals surface area contributed by atoms with E-state index in [-0.39, 0.29) is 0 Å². The summed E-state index contributed by atoms with van der Waals surface area (Å²) in [5.74, 6) is 0.952. The Morgan fingerprint density at radius 2 is 0.831 bits per heavy atom. The summed E-state index contributed by atoms with van der Waals surface area (Å²) >= 11 is 0. The first-order chi connectivity index (χ1) is 32.5. The molecule has 0 bridgehead atoms. The lowest BCUT2D eigenvalue weighted by atomic mass is 9.68. The predicted octanol–water partition coefficient (Wildman–Crippen LogP) is 22.1. The minimum Gasteiger partial charge on any atom is -0.298 e. The van der Waals surface area contributed by atoms with Crippen molar-refractivity contribution in [1.82, 2.24) is 9.80 Å². The molecule has 0 aromatic rings. The summed E-state index contributed by atoms with van der Waals surface area (Å²) in [5.41, 5.74) is 11.1. The highest BCUT2D eigenvalue weighted by atomic mass is 15.2. The van der Waals surface area contributed by atoms with E-state index in [1.165, 1.54) is 180 Å². The highest BCUT2D eigenvalue weighted by molar-refractivity contribution is 5.18. The van der Waals surface area contributed by atoms with E-state index in [1.54, 1.807) is 22.3 Å². The van der Waals surface area contributed by atoms with Crippen molar-refractivity contribution in [1.29, 1.82) is 0 Å². The van der Waals surface area contributed by atoms with E-state index in [4.69, 9.17) is 0 Å². The molecule has 2 heterocycles. The SMILES string of the molecule is CC(C)(C)C1=CCC2(CCCC2)CC1.CC(C)(C)C1=CCCCC1.CC(C)(C)N1CCCCC1.CC1(C)CC=C(C(C)(C)C)CC1.CC1CCN(C(C)(C)C)CC1.CCC1(CC)CC=C(C(C)(C)C)CC1. The lowest BCUT2D eigenvalue weighted by Crippen LogP contribution is -2.45. The topological polar surface area (TPSA) is 6.48 Å². The number of nitrogens with zero attached hydrogens (tertiary/aromatic N) is 2. The van der Waals surface area contributed by atoms with Gasteiger partial charge in [0.1, 0.15) is 0 Å². The fourth-order valence-corrected chi connectivity index (χ4v) is 12.2. The van der Waals surface area contributed by atoms with Crippen molar-refractivity contribution in [2.75, 3.05) is 26.2 Å². The summed E-state index contributed by atoms with van der Waals surface area (Å²) in [6.07, 6.45) is 43.3. The van der Waals surface area contributed by atoms with Crippen LogP contribution in [0.2, 0.25) is 0 Å². The van der Waals surface area contributed by atoms with Gasteiger partial charge in [-0.05, 0) is 234 Å². The predicted molar refractivity (Wildman–Crippen MR) is 323 cm³/mol. The Balaban J connectivity index is 0.000000294. The summed E-state index contributed by atoms with van der Waals surface area (Å²) in [5, 5.41) is 0. The zero-order chi connectivity index (χ0) is 54.2. The lowest BCUT2D eigenvalue weighted by molar-refractivity contribution is 0.0916. The maximum Gasteiger partial charge on any atom is 0.0125 e. The lowest BCUT2D eigenvalue weighted by Gasteiger charge is -2.40. The van der Waals surface area contributed by atoms with Gasteiger partial charge in [0.25, 0.3) is 0 Å². The second-order valence-corrected chi connectivity index (χ2v) is 31.4. The summed E-state index contributed by atoms with van der Waals surface area (Å²) in [6, 6.07) is 0. The molecule has 5 aliphatic carbocycles. The Kier molecular flexibility index (Phi) is 26.3. The molecule has 2 saturated heterocycles. The molecule has 7 aliphatic rings. The van der Waals surface area contributed by atoms with Gasteiger partial charge in [-0.2, -0.15) is 0 Å². The largest absolute Gasteiger partial charge is 0.298 e. The summed E-state index contributed by atoms with van der Waals surface area (Å²) in [7, 11) is 0. The van der Waals surface area contributed by atoms with E-state index >= 15 is 0 Å². The summed E-state index contributed by atoms with van der Waals surface area (Å²) in [6.45, 7) is 58.8. The fourth-order valence-electron chi connectivity index (χ4n) is 12.2. The molecule has 0 amide bonds. The van der Waals surface area contributed by atoms with Gasteiger partial charge in [0, 0.05) is 11.1 Å². The first kappa shape index (κ1) is 66.0. The third kappa shape index (κ3) is 24.6. The van der Waals surface area contributed by atoms with Gasteiger partial charge in [-0.15, -0.1) is 0 Å². The zero-order valence-corrected chi connectivity index (χ0v) is 53.1. The molecule has 71 heavy (non-hydrogen) atoms. The maximum absolute atomic E-state index is 2.59. The van der Waals surface area contributed by atoms with Crippen LogP contribution in [0.15, 0.2) is 46.6 Å². The van der Waals surface area contributed by atoms with Gasteiger partial charge in [0.2, 0.25) is 0 Å². The van der Waals surface area contributed by atoms with Crippen molar-refractivity contribution in [2.24, 2.45) is 43.8 Å². The molecule has 0 aromatic heterocycles. The van der Waals surface area contributed by atoms with Crippen LogP contribution < -0.4 is 0 Å². The molecule has 0 N–H and O–H groups in total. The highest BCUT2D eigenvalue weighted by Gasteiger charge is 2.37. The second kappa shape index (κ2) is 28.3. The number of allylic oxidation sites excluding steroid dienone is 8. The monoisotopic (exact) mass is 987 g/mol. The number of piperidine rings is 2. The van der Waals surface area contributed by atoms with E-state index < -0.39 is 0 Å². The van der Waals surface area contributed by atoms with Crippen LogP contribution in [-0.2, 0) is 0 Å². The van der Waals surface area contributed by atoms with E-state index in [0.717, 1.165) is 11.3 Å². The second-order valence-electron chi connectivity index (χ2n) is 31.4. The van der Waals surface area contributed by atoms with Gasteiger partial charge in [0.05, 0.1) is 0 Å². The van der Waals surface area contributed by atoms with Crippen molar-refractivity contribution >= 4 is 0 Å². The summed E-state index contributed by atoms with van der Waals surface area (Å²) < 4.78 is 0. The van der Waals surface area contributed by atoms with E-state index in [0.29, 0.717) is 43.6 Å². The Bertz CT molecular complexity index is 1570. The third-order valence-electron chi connectivity index (χ3n) is 18.7. The first-order valence-electron chi connectivity index (χ1n) is 30.8. The van der Waals surface area contributed by atoms with Crippen LogP contribution in [0.25, 0.3) is 0 Å². The Hall–Kier alpha value is -1.12. The molecule has 1 saturated carbocycles. The molecule has 0 unspecified atom stereocenters. The molecule has 0 aromatic carbocycles. The van der Waals surface area contributed by atoms with Gasteiger partial charge < -0.3 is 0 Å². The molecular weight excluding hydrogens is 857 g/mol. The number of rotatable bonds is 2. The van der Waals surface area contributed by atoms with E-state index in [9.17, 15) is 0 Å². The van der Waals surface area contributed by atoms with Crippen molar-refractivity contribution in [3.05, 3.63) is 46.6 Å². The van der Waals surface area contributed by atoms with Crippen LogP contribution in [0.1, 0.15) is 313 Å². The molecule has 0 radical (unpaired) electrons. The fraction of sp³-hybridized carbons (Fsp3) is 0.884. The van der Waals surface area contributed by atoms with Gasteiger partial charge in [-0.25, -0.2) is 0 Å². The first-order valence-corrected chi connectivity index (χ1v) is 30.8. The molecule has 0 atom stereocenters. The standard InChI is InChI=1S/C14H24.C14H26.C12H22.C10H21N.C10H18.C9H19N/c1-13(2,3)12-6-10-14(11-7-12)8-4-5-9-14;1-6-14(7-2)10-8-12(9-11-14)13(3,4)5;1-11(2,3)10-6-8-12(4,5)9-7-10;1-9-5-7-11(8-6-9)10(2,3)4;1-10(2,3)9-7-5-4-6-8-9;1-9(2,3)10-7-5-4-6-8-10/h6H,4-5,7-11H2,1-3H3;8H,6-7,9-11H2,1-5H3;6H,7-9H2,1-5H3;9H,5-8H2,1-4H3;7H,4-6,8H2,1-3H3;4-8H2,1-3H3. The molecule has 7 rings (SSSR count). The van der Waals surface area contributed by atoms with Crippen LogP contribution >= 0.6 is 0 Å². The Morgan fingerprint density at radius 3 is 1.14 bits per heavy atom. The van der Waals surface area contributed by atoms with Crippen LogP contribution in [0, 0.1) is 43.8 Å². The van der Waals surface area contributed by atoms with Crippen molar-refractivity contribution < 1.29 is 0 Å². The molecule has 2 aliphatic heterocycles. The molecule has 1 spiro atoms. The van der Waals surface area contributed by atoms with Crippen LogP contribution in [0.5, 0.6) is 0 Å². The molecule has 2 heteroatoms. The molecule has 2 nitrogen and oxygen atoms in total. The molecule has 3 fully saturated rings. The Morgan fingerprint density at radius 1 is 0.423 bits per heavy atom. The van der Waals surface area contributed by atoms with Crippen LogP contribution in [0.3, 0.4) is 0 Å². The van der Waals surface area contributed by atoms with Crippen molar-refractivity contribution in [3.63, 3.8) is 0 Å². The average Bonchev–Trinajstić information content (AvgIpc) is 3.73. The average molecular weight is 988 g/mol. The molecular formula is C69H130N2. The van der Waals surface area contributed by atoms with Crippen LogP contribution in [0.4, 0.5) is 0 Å². The number of hydrogen-bond acceptors (Lipinski definition) is 2. The maximum atomic E-state index is 2.59. The van der Waals surface area contributed by atoms with E-state index in [1.807, 2.05) is 0 Å².